The van der Waals surface area contributed by atoms with E-state index in [4.69, 9.17) is 4.74 Å². The Kier molecular flexibility index (Phi) is 4.02. The van der Waals surface area contributed by atoms with Crippen molar-refractivity contribution in [3.8, 4) is 5.75 Å². The third kappa shape index (κ3) is 2.60. The van der Waals surface area contributed by atoms with Gasteiger partial charge in [0, 0.05) is 18.7 Å². The van der Waals surface area contributed by atoms with Gasteiger partial charge >= 0.3 is 0 Å². The molecule has 2 rings (SSSR count). The molecule has 0 amide bonds. The summed E-state index contributed by atoms with van der Waals surface area (Å²) in [6, 6.07) is 5.68. The van der Waals surface area contributed by atoms with E-state index in [0.717, 1.165) is 36.4 Å². The molecule has 0 atom stereocenters. The van der Waals surface area contributed by atoms with E-state index in [-0.39, 0.29) is 0 Å². The molecular weight excluding hydrogens is 214 g/mol. The first-order valence-electron chi connectivity index (χ1n) is 6.32. The molecule has 92 valence electrons. The lowest BCUT2D eigenvalue weighted by atomic mass is 10.1. The van der Waals surface area contributed by atoms with Crippen molar-refractivity contribution in [3.63, 3.8) is 0 Å². The smallest absolute Gasteiger partial charge is 0.152 e. The quantitative estimate of drug-likeness (QED) is 0.749. The first-order valence-corrected chi connectivity index (χ1v) is 6.32. The Hall–Kier alpha value is -1.51. The first-order chi connectivity index (χ1) is 8.36. The van der Waals surface area contributed by atoms with Crippen LogP contribution in [0.15, 0.2) is 18.2 Å². The summed E-state index contributed by atoms with van der Waals surface area (Å²) in [5.41, 5.74) is 1.71. The number of para-hydroxylation sites is 1. The van der Waals surface area contributed by atoms with E-state index < -0.39 is 0 Å². The second-order valence-corrected chi connectivity index (χ2v) is 4.29. The fourth-order valence-electron chi connectivity index (χ4n) is 2.36. The Labute approximate surface area is 102 Å². The van der Waals surface area contributed by atoms with E-state index in [1.54, 1.807) is 0 Å². The zero-order valence-corrected chi connectivity index (χ0v) is 10.3. The number of piperidine rings is 1. The second kappa shape index (κ2) is 5.71. The molecule has 0 spiro atoms. The molecule has 3 heteroatoms. The van der Waals surface area contributed by atoms with Crippen LogP contribution in [0.1, 0.15) is 36.5 Å². The summed E-state index contributed by atoms with van der Waals surface area (Å²) in [6.45, 7) is 4.63. The van der Waals surface area contributed by atoms with Crippen molar-refractivity contribution in [3.05, 3.63) is 23.8 Å². The monoisotopic (exact) mass is 233 g/mol. The van der Waals surface area contributed by atoms with E-state index in [1.165, 1.54) is 19.3 Å². The van der Waals surface area contributed by atoms with Crippen LogP contribution >= 0.6 is 0 Å². The highest BCUT2D eigenvalue weighted by atomic mass is 16.5. The van der Waals surface area contributed by atoms with Crippen LogP contribution in [-0.2, 0) is 0 Å². The van der Waals surface area contributed by atoms with Gasteiger partial charge in [0.25, 0.3) is 0 Å². The van der Waals surface area contributed by atoms with Gasteiger partial charge in [-0.05, 0) is 38.3 Å². The maximum atomic E-state index is 11.1. The van der Waals surface area contributed by atoms with Crippen molar-refractivity contribution in [1.82, 2.24) is 0 Å². The third-order valence-electron chi connectivity index (χ3n) is 3.13. The zero-order chi connectivity index (χ0) is 12.1. The SMILES string of the molecule is CCOc1cccc(C=O)c1N1CCCCC1. The fraction of sp³-hybridized carbons (Fsp3) is 0.500. The zero-order valence-electron chi connectivity index (χ0n) is 10.3. The van der Waals surface area contributed by atoms with Crippen molar-refractivity contribution in [1.29, 1.82) is 0 Å². The molecule has 0 unspecified atom stereocenters. The number of rotatable bonds is 4. The van der Waals surface area contributed by atoms with Gasteiger partial charge in [0.2, 0.25) is 0 Å². The normalized spacial score (nSPS) is 15.7. The van der Waals surface area contributed by atoms with Crippen molar-refractivity contribution in [2.24, 2.45) is 0 Å². The molecule has 1 saturated heterocycles. The molecule has 3 nitrogen and oxygen atoms in total. The first kappa shape index (κ1) is 12.0. The largest absolute Gasteiger partial charge is 0.492 e. The summed E-state index contributed by atoms with van der Waals surface area (Å²) in [5.74, 6) is 0.832. The number of carbonyl (C=O) groups excluding carboxylic acids is 1. The average Bonchev–Trinajstić information content (AvgIpc) is 2.40. The number of hydrogen-bond donors (Lipinski definition) is 0. The molecular formula is C14H19NO2. The van der Waals surface area contributed by atoms with Gasteiger partial charge in [0.15, 0.2) is 6.29 Å². The summed E-state index contributed by atoms with van der Waals surface area (Å²) in [4.78, 5) is 13.4. The topological polar surface area (TPSA) is 29.5 Å². The highest BCUT2D eigenvalue weighted by Crippen LogP contribution is 2.33. The van der Waals surface area contributed by atoms with Crippen LogP contribution in [0, 0.1) is 0 Å². The van der Waals surface area contributed by atoms with Gasteiger partial charge in [-0.15, -0.1) is 0 Å². The maximum absolute atomic E-state index is 11.1. The highest BCUT2D eigenvalue weighted by molar-refractivity contribution is 5.87. The number of ether oxygens (including phenoxy) is 1. The van der Waals surface area contributed by atoms with Crippen molar-refractivity contribution < 1.29 is 9.53 Å². The van der Waals surface area contributed by atoms with Crippen LogP contribution < -0.4 is 9.64 Å². The third-order valence-corrected chi connectivity index (χ3v) is 3.13. The van der Waals surface area contributed by atoms with Gasteiger partial charge in [-0.25, -0.2) is 0 Å². The van der Waals surface area contributed by atoms with Crippen LogP contribution in [0.2, 0.25) is 0 Å². The maximum Gasteiger partial charge on any atom is 0.152 e. The summed E-state index contributed by atoms with van der Waals surface area (Å²) < 4.78 is 5.63. The molecule has 0 saturated carbocycles. The van der Waals surface area contributed by atoms with Gasteiger partial charge in [-0.3, -0.25) is 4.79 Å². The van der Waals surface area contributed by atoms with Crippen LogP contribution in [-0.4, -0.2) is 26.0 Å². The molecule has 0 radical (unpaired) electrons. The predicted molar refractivity (Wildman–Crippen MR) is 69.1 cm³/mol. The molecule has 0 bridgehead atoms. The Morgan fingerprint density at radius 2 is 2.06 bits per heavy atom. The Balaban J connectivity index is 2.35. The minimum absolute atomic E-state index is 0.628. The standard InChI is InChI=1S/C14H19NO2/c1-2-17-13-8-6-7-12(11-16)14(13)15-9-4-3-5-10-15/h6-8,11H,2-5,9-10H2,1H3. The molecule has 1 aliphatic heterocycles. The summed E-state index contributed by atoms with van der Waals surface area (Å²) in [7, 11) is 0. The highest BCUT2D eigenvalue weighted by Gasteiger charge is 2.18. The Morgan fingerprint density at radius 1 is 1.29 bits per heavy atom. The van der Waals surface area contributed by atoms with E-state index in [1.807, 2.05) is 25.1 Å². The lowest BCUT2D eigenvalue weighted by Gasteiger charge is -2.31. The minimum atomic E-state index is 0.628. The molecule has 1 aliphatic rings. The van der Waals surface area contributed by atoms with Crippen LogP contribution in [0.4, 0.5) is 5.69 Å². The Bertz CT molecular complexity index is 384. The van der Waals surface area contributed by atoms with Crippen molar-refractivity contribution in [2.75, 3.05) is 24.6 Å². The van der Waals surface area contributed by atoms with Gasteiger partial charge < -0.3 is 9.64 Å². The number of benzene rings is 1. The van der Waals surface area contributed by atoms with Gasteiger partial charge in [-0.1, -0.05) is 6.07 Å². The number of nitrogens with zero attached hydrogens (tertiary/aromatic N) is 1. The molecule has 1 aromatic rings. The number of anilines is 1. The van der Waals surface area contributed by atoms with Gasteiger partial charge in [0.05, 0.1) is 12.3 Å². The number of aldehydes is 1. The molecule has 1 aromatic carbocycles. The number of carbonyl (C=O) groups is 1. The lowest BCUT2D eigenvalue weighted by Crippen LogP contribution is -2.30. The lowest BCUT2D eigenvalue weighted by molar-refractivity contribution is 0.112. The van der Waals surface area contributed by atoms with Crippen molar-refractivity contribution >= 4 is 12.0 Å². The van der Waals surface area contributed by atoms with E-state index in [2.05, 4.69) is 4.90 Å². The van der Waals surface area contributed by atoms with Crippen molar-refractivity contribution in [2.45, 2.75) is 26.2 Å². The molecule has 1 heterocycles. The fourth-order valence-corrected chi connectivity index (χ4v) is 2.36. The molecule has 1 fully saturated rings. The summed E-state index contributed by atoms with van der Waals surface area (Å²) >= 11 is 0. The van der Waals surface area contributed by atoms with E-state index in [0.29, 0.717) is 6.61 Å². The van der Waals surface area contributed by atoms with E-state index >= 15 is 0 Å². The second-order valence-electron chi connectivity index (χ2n) is 4.29. The molecule has 0 N–H and O–H groups in total. The molecule has 0 aliphatic carbocycles. The average molecular weight is 233 g/mol. The molecule has 17 heavy (non-hydrogen) atoms. The van der Waals surface area contributed by atoms with Crippen LogP contribution in [0.25, 0.3) is 0 Å². The Morgan fingerprint density at radius 3 is 2.71 bits per heavy atom. The predicted octanol–water partition coefficient (Wildman–Crippen LogP) is 2.89. The van der Waals surface area contributed by atoms with Crippen LogP contribution in [0.3, 0.4) is 0 Å². The minimum Gasteiger partial charge on any atom is -0.492 e. The van der Waals surface area contributed by atoms with E-state index in [9.17, 15) is 4.79 Å². The van der Waals surface area contributed by atoms with Gasteiger partial charge in [-0.2, -0.15) is 0 Å². The van der Waals surface area contributed by atoms with Gasteiger partial charge in [0.1, 0.15) is 5.75 Å². The van der Waals surface area contributed by atoms with Crippen LogP contribution in [0.5, 0.6) is 5.75 Å². The summed E-state index contributed by atoms with van der Waals surface area (Å²) in [5, 5.41) is 0. The molecule has 0 aromatic heterocycles. The summed E-state index contributed by atoms with van der Waals surface area (Å²) in [6.07, 6.45) is 4.59. The number of hydrogen-bond acceptors (Lipinski definition) is 3.